The van der Waals surface area contributed by atoms with Crippen molar-refractivity contribution in [3.05, 3.63) is 28.5 Å². The zero-order valence-corrected chi connectivity index (χ0v) is 7.58. The number of aromatic nitrogens is 1. The third kappa shape index (κ3) is 2.67. The lowest BCUT2D eigenvalue weighted by molar-refractivity contribution is 0.215. The molecular formula is C7H7BrN2O. The van der Waals surface area contributed by atoms with E-state index in [0.717, 1.165) is 10.2 Å². The second-order valence-electron chi connectivity index (χ2n) is 1.82. The van der Waals surface area contributed by atoms with E-state index in [2.05, 4.69) is 30.9 Å². The van der Waals surface area contributed by atoms with Crippen molar-refractivity contribution in [2.45, 2.75) is 0 Å². The minimum absolute atomic E-state index is 0.765. The lowest BCUT2D eigenvalue weighted by Gasteiger charge is -1.91. The molecule has 0 N–H and O–H groups in total. The van der Waals surface area contributed by atoms with Crippen LogP contribution < -0.4 is 0 Å². The van der Waals surface area contributed by atoms with Crippen LogP contribution in [0.2, 0.25) is 0 Å². The minimum Gasteiger partial charge on any atom is -0.399 e. The third-order valence-corrected chi connectivity index (χ3v) is 1.53. The van der Waals surface area contributed by atoms with Crippen LogP contribution in [0.3, 0.4) is 0 Å². The van der Waals surface area contributed by atoms with E-state index in [-0.39, 0.29) is 0 Å². The molecule has 1 rings (SSSR count). The first-order valence-electron chi connectivity index (χ1n) is 3.01. The van der Waals surface area contributed by atoms with Gasteiger partial charge in [0.1, 0.15) is 7.11 Å². The lowest BCUT2D eigenvalue weighted by Crippen LogP contribution is -1.86. The van der Waals surface area contributed by atoms with Gasteiger partial charge in [0, 0.05) is 10.7 Å². The van der Waals surface area contributed by atoms with Crippen molar-refractivity contribution in [3.63, 3.8) is 0 Å². The predicted molar refractivity (Wildman–Crippen MR) is 46.5 cm³/mol. The Kier molecular flexibility index (Phi) is 3.04. The molecule has 58 valence electrons. The molecule has 0 fully saturated rings. The van der Waals surface area contributed by atoms with Crippen molar-refractivity contribution in [1.29, 1.82) is 0 Å². The van der Waals surface area contributed by atoms with Gasteiger partial charge in [0.2, 0.25) is 0 Å². The molecule has 1 aromatic heterocycles. The summed E-state index contributed by atoms with van der Waals surface area (Å²) in [6.07, 6.45) is 3.24. The Labute approximate surface area is 73.2 Å². The highest BCUT2D eigenvalue weighted by Gasteiger charge is 1.89. The van der Waals surface area contributed by atoms with Crippen LogP contribution in [0.25, 0.3) is 0 Å². The standard InChI is InChI=1S/C7H7BrN2O/c1-11-10-5-7-4-6(8)2-3-9-7/h2-5H,1H3. The van der Waals surface area contributed by atoms with Crippen molar-refractivity contribution in [1.82, 2.24) is 4.98 Å². The summed E-state index contributed by atoms with van der Waals surface area (Å²) >= 11 is 3.31. The average Bonchev–Trinajstić information content (AvgIpc) is 2.01. The highest BCUT2D eigenvalue weighted by Crippen LogP contribution is 2.07. The van der Waals surface area contributed by atoms with Gasteiger partial charge in [-0.25, -0.2) is 0 Å². The number of halogens is 1. The van der Waals surface area contributed by atoms with E-state index in [1.54, 1.807) is 12.4 Å². The Bertz CT molecular complexity index is 262. The third-order valence-electron chi connectivity index (χ3n) is 1.03. The molecule has 0 aliphatic rings. The molecule has 11 heavy (non-hydrogen) atoms. The van der Waals surface area contributed by atoms with Gasteiger partial charge < -0.3 is 4.84 Å². The molecule has 0 saturated carbocycles. The topological polar surface area (TPSA) is 34.5 Å². The van der Waals surface area contributed by atoms with E-state index in [1.807, 2.05) is 12.1 Å². The van der Waals surface area contributed by atoms with Crippen molar-refractivity contribution in [2.24, 2.45) is 5.16 Å². The molecule has 0 aliphatic heterocycles. The first-order valence-corrected chi connectivity index (χ1v) is 3.80. The second-order valence-corrected chi connectivity index (χ2v) is 2.73. The summed E-state index contributed by atoms with van der Waals surface area (Å²) < 4.78 is 0.977. The maximum Gasteiger partial charge on any atom is 0.106 e. The highest BCUT2D eigenvalue weighted by atomic mass is 79.9. The van der Waals surface area contributed by atoms with Crippen LogP contribution in [0.4, 0.5) is 0 Å². The number of nitrogens with zero attached hydrogens (tertiary/aromatic N) is 2. The summed E-state index contributed by atoms with van der Waals surface area (Å²) in [6.45, 7) is 0. The van der Waals surface area contributed by atoms with Gasteiger partial charge in [-0.05, 0) is 12.1 Å². The van der Waals surface area contributed by atoms with Crippen LogP contribution in [0.1, 0.15) is 5.69 Å². The molecule has 0 saturated heterocycles. The van der Waals surface area contributed by atoms with E-state index in [1.165, 1.54) is 7.11 Å². The predicted octanol–water partition coefficient (Wildman–Crippen LogP) is 1.82. The molecule has 3 nitrogen and oxygen atoms in total. The molecule has 4 heteroatoms. The zero-order chi connectivity index (χ0) is 8.10. The maximum absolute atomic E-state index is 4.50. The van der Waals surface area contributed by atoms with Crippen molar-refractivity contribution in [3.8, 4) is 0 Å². The fourth-order valence-electron chi connectivity index (χ4n) is 0.598. The van der Waals surface area contributed by atoms with Gasteiger partial charge in [-0.15, -0.1) is 0 Å². The summed E-state index contributed by atoms with van der Waals surface area (Å²) in [7, 11) is 1.49. The first kappa shape index (κ1) is 8.20. The molecule has 0 spiro atoms. The van der Waals surface area contributed by atoms with Crippen LogP contribution >= 0.6 is 15.9 Å². The lowest BCUT2D eigenvalue weighted by atomic mass is 10.4. The van der Waals surface area contributed by atoms with E-state index >= 15 is 0 Å². The Morgan fingerprint density at radius 2 is 2.55 bits per heavy atom. The van der Waals surface area contributed by atoms with E-state index < -0.39 is 0 Å². The van der Waals surface area contributed by atoms with Crippen LogP contribution in [0, 0.1) is 0 Å². The summed E-state index contributed by atoms with van der Waals surface area (Å²) in [6, 6.07) is 3.70. The molecule has 1 heterocycles. The first-order chi connectivity index (χ1) is 5.33. The van der Waals surface area contributed by atoms with Gasteiger partial charge in [0.15, 0.2) is 0 Å². The molecule has 0 amide bonds. The quantitative estimate of drug-likeness (QED) is 0.557. The Hall–Kier alpha value is -0.900. The van der Waals surface area contributed by atoms with Crippen molar-refractivity contribution >= 4 is 22.1 Å². The normalized spacial score (nSPS) is 10.4. The summed E-state index contributed by atoms with van der Waals surface area (Å²) in [5.41, 5.74) is 0.765. The van der Waals surface area contributed by atoms with E-state index in [9.17, 15) is 0 Å². The Balaban J connectivity index is 2.79. The molecule has 0 atom stereocenters. The summed E-state index contributed by atoms with van der Waals surface area (Å²) in [5, 5.41) is 3.57. The Morgan fingerprint density at radius 3 is 3.18 bits per heavy atom. The van der Waals surface area contributed by atoms with Gasteiger partial charge in [0.05, 0.1) is 11.9 Å². The zero-order valence-electron chi connectivity index (χ0n) is 5.99. The van der Waals surface area contributed by atoms with Crippen LogP contribution in [-0.4, -0.2) is 18.3 Å². The van der Waals surface area contributed by atoms with Gasteiger partial charge >= 0.3 is 0 Å². The van der Waals surface area contributed by atoms with Crippen molar-refractivity contribution < 1.29 is 4.84 Å². The molecule has 0 aliphatic carbocycles. The fourth-order valence-corrected chi connectivity index (χ4v) is 0.951. The monoisotopic (exact) mass is 214 g/mol. The molecule has 0 aromatic carbocycles. The molecule has 1 aromatic rings. The van der Waals surface area contributed by atoms with Crippen LogP contribution in [-0.2, 0) is 4.84 Å². The fraction of sp³-hybridized carbons (Fsp3) is 0.143. The highest BCUT2D eigenvalue weighted by molar-refractivity contribution is 9.10. The molecule has 0 unspecified atom stereocenters. The average molecular weight is 215 g/mol. The summed E-state index contributed by atoms with van der Waals surface area (Å²) in [4.78, 5) is 8.52. The smallest absolute Gasteiger partial charge is 0.106 e. The molecule has 0 radical (unpaired) electrons. The number of pyridine rings is 1. The number of rotatable bonds is 2. The van der Waals surface area contributed by atoms with Gasteiger partial charge in [0.25, 0.3) is 0 Å². The number of hydrogen-bond donors (Lipinski definition) is 0. The molecular weight excluding hydrogens is 208 g/mol. The van der Waals surface area contributed by atoms with Crippen molar-refractivity contribution in [2.75, 3.05) is 7.11 Å². The molecule has 0 bridgehead atoms. The van der Waals surface area contributed by atoms with Gasteiger partial charge in [-0.3, -0.25) is 4.98 Å². The van der Waals surface area contributed by atoms with Gasteiger partial charge in [-0.2, -0.15) is 0 Å². The number of hydrogen-bond acceptors (Lipinski definition) is 3. The van der Waals surface area contributed by atoms with Crippen LogP contribution in [0.5, 0.6) is 0 Å². The second kappa shape index (κ2) is 4.08. The minimum atomic E-state index is 0.765. The summed E-state index contributed by atoms with van der Waals surface area (Å²) in [5.74, 6) is 0. The van der Waals surface area contributed by atoms with E-state index in [4.69, 9.17) is 0 Å². The van der Waals surface area contributed by atoms with E-state index in [0.29, 0.717) is 0 Å². The number of oxime groups is 1. The Morgan fingerprint density at radius 1 is 1.73 bits per heavy atom. The van der Waals surface area contributed by atoms with Gasteiger partial charge in [-0.1, -0.05) is 21.1 Å². The maximum atomic E-state index is 4.50. The SMILES string of the molecule is CON=Cc1cc(Br)ccn1. The largest absolute Gasteiger partial charge is 0.399 e. The van der Waals surface area contributed by atoms with Crippen LogP contribution in [0.15, 0.2) is 28.0 Å².